The molecule has 34 heavy (non-hydrogen) atoms. The molecular formula is C27H26BrNO4S. The van der Waals surface area contributed by atoms with E-state index in [9.17, 15) is 13.5 Å². The summed E-state index contributed by atoms with van der Waals surface area (Å²) in [6.07, 6.45) is 1.31. The summed E-state index contributed by atoms with van der Waals surface area (Å²) in [5, 5.41) is 10.4. The summed E-state index contributed by atoms with van der Waals surface area (Å²) in [5.74, 6) is -0.206. The Balaban J connectivity index is 1.71. The maximum Gasteiger partial charge on any atom is 0.266 e. The van der Waals surface area contributed by atoms with Gasteiger partial charge in [0.25, 0.3) is 10.0 Å². The lowest BCUT2D eigenvalue weighted by molar-refractivity contribution is -0.209. The smallest absolute Gasteiger partial charge is 0.266 e. The van der Waals surface area contributed by atoms with Crippen molar-refractivity contribution in [1.29, 1.82) is 0 Å². The lowest BCUT2D eigenvalue weighted by Gasteiger charge is -2.48. The second-order valence-corrected chi connectivity index (χ2v) is 11.6. The monoisotopic (exact) mass is 539 g/mol. The Kier molecular flexibility index (Phi) is 6.37. The maximum absolute atomic E-state index is 14.0. The molecule has 2 heterocycles. The number of benzene rings is 3. The average molecular weight is 540 g/mol. The molecule has 5 rings (SSSR count). The molecular weight excluding hydrogens is 514 g/mol. The van der Waals surface area contributed by atoms with Crippen molar-refractivity contribution in [3.63, 3.8) is 0 Å². The van der Waals surface area contributed by atoms with E-state index in [2.05, 4.69) is 28.1 Å². The Morgan fingerprint density at radius 3 is 2.29 bits per heavy atom. The van der Waals surface area contributed by atoms with Crippen LogP contribution < -0.4 is 0 Å². The molecule has 1 N–H and O–H groups in total. The first kappa shape index (κ1) is 23.3. The van der Waals surface area contributed by atoms with E-state index in [0.717, 1.165) is 21.2 Å². The van der Waals surface area contributed by atoms with E-state index in [1.165, 1.54) is 4.31 Å². The van der Waals surface area contributed by atoms with Gasteiger partial charge in [-0.2, -0.15) is 0 Å². The molecule has 176 valence electrons. The predicted molar refractivity (Wildman–Crippen MR) is 135 cm³/mol. The van der Waals surface area contributed by atoms with Crippen LogP contribution in [-0.2, 0) is 14.8 Å². The number of hydrogen-bond donors (Lipinski definition) is 1. The van der Waals surface area contributed by atoms with Crippen molar-refractivity contribution in [3.05, 3.63) is 106 Å². The van der Waals surface area contributed by atoms with Crippen LogP contribution >= 0.6 is 15.9 Å². The minimum atomic E-state index is -3.96. The Labute approximate surface area is 208 Å². The summed E-state index contributed by atoms with van der Waals surface area (Å²) in [5.41, 5.74) is 3.40. The van der Waals surface area contributed by atoms with Gasteiger partial charge >= 0.3 is 0 Å². The average Bonchev–Trinajstić information content (AvgIpc) is 2.84. The van der Waals surface area contributed by atoms with E-state index in [-0.39, 0.29) is 16.7 Å². The van der Waals surface area contributed by atoms with Crippen molar-refractivity contribution in [1.82, 2.24) is 4.31 Å². The number of halogens is 1. The molecule has 7 heteroatoms. The number of sulfonamides is 1. The first-order valence-corrected chi connectivity index (χ1v) is 13.6. The number of hydrogen-bond acceptors (Lipinski definition) is 4. The van der Waals surface area contributed by atoms with Crippen molar-refractivity contribution in [3.8, 4) is 0 Å². The lowest BCUT2D eigenvalue weighted by Crippen LogP contribution is -2.53. The topological polar surface area (TPSA) is 66.8 Å². The molecule has 0 spiro atoms. The number of nitrogens with zero attached hydrogens (tertiary/aromatic N) is 1. The second-order valence-electron chi connectivity index (χ2n) is 8.83. The fourth-order valence-electron chi connectivity index (χ4n) is 4.85. The molecule has 4 atom stereocenters. The van der Waals surface area contributed by atoms with Crippen LogP contribution in [0.1, 0.15) is 35.4 Å². The van der Waals surface area contributed by atoms with Crippen LogP contribution in [0.3, 0.4) is 0 Å². The normalized spacial score (nSPS) is 24.9. The van der Waals surface area contributed by atoms with Crippen LogP contribution in [-0.4, -0.2) is 30.3 Å². The lowest BCUT2D eigenvalue weighted by atomic mass is 9.77. The van der Waals surface area contributed by atoms with Crippen LogP contribution in [0.5, 0.6) is 0 Å². The van der Waals surface area contributed by atoms with Gasteiger partial charge in [-0.25, -0.2) is 12.7 Å². The predicted octanol–water partition coefficient (Wildman–Crippen LogP) is 5.66. The molecule has 0 bridgehead atoms. The SMILES string of the molecule is Cc1ccc(S(=O)(=O)N2C(c3ccccc3)=C[C@H](c3ccc(Br)cc3)[C@H]3CCC(O)O[C@H]32)cc1. The molecule has 0 amide bonds. The highest BCUT2D eigenvalue weighted by molar-refractivity contribution is 9.10. The fraction of sp³-hybridized carbons (Fsp3) is 0.259. The van der Waals surface area contributed by atoms with Crippen molar-refractivity contribution < 1.29 is 18.3 Å². The first-order chi connectivity index (χ1) is 16.3. The Morgan fingerprint density at radius 1 is 0.941 bits per heavy atom. The highest BCUT2D eigenvalue weighted by Crippen LogP contribution is 2.48. The minimum Gasteiger partial charge on any atom is -0.368 e. The Hall–Kier alpha value is -2.45. The summed E-state index contributed by atoms with van der Waals surface area (Å²) in [6.45, 7) is 1.92. The molecule has 5 nitrogen and oxygen atoms in total. The Bertz CT molecular complexity index is 1290. The zero-order valence-corrected chi connectivity index (χ0v) is 21.1. The van der Waals surface area contributed by atoms with E-state index in [1.807, 2.05) is 55.5 Å². The quantitative estimate of drug-likeness (QED) is 0.464. The van der Waals surface area contributed by atoms with E-state index < -0.39 is 22.5 Å². The molecule has 3 aromatic carbocycles. The van der Waals surface area contributed by atoms with Crippen LogP contribution in [0.2, 0.25) is 0 Å². The molecule has 3 aromatic rings. The van der Waals surface area contributed by atoms with Gasteiger partial charge < -0.3 is 9.84 Å². The molecule has 2 aliphatic heterocycles. The van der Waals surface area contributed by atoms with Gasteiger partial charge in [0.2, 0.25) is 0 Å². The van der Waals surface area contributed by atoms with Gasteiger partial charge in [-0.05, 0) is 55.2 Å². The zero-order chi connectivity index (χ0) is 23.9. The number of allylic oxidation sites excluding steroid dienone is 1. The molecule has 1 unspecified atom stereocenters. The van der Waals surface area contributed by atoms with Crippen molar-refractivity contribution in [2.45, 2.75) is 43.1 Å². The summed E-state index contributed by atoms with van der Waals surface area (Å²) < 4.78 is 36.5. The van der Waals surface area contributed by atoms with Gasteiger partial charge in [0.15, 0.2) is 12.5 Å². The van der Waals surface area contributed by atoms with Gasteiger partial charge in [-0.3, -0.25) is 0 Å². The number of aryl methyl sites for hydroxylation is 1. The van der Waals surface area contributed by atoms with E-state index in [4.69, 9.17) is 4.74 Å². The summed E-state index contributed by atoms with van der Waals surface area (Å²) >= 11 is 3.50. The van der Waals surface area contributed by atoms with Gasteiger partial charge in [-0.1, -0.05) is 82.2 Å². The van der Waals surface area contributed by atoms with E-state index >= 15 is 0 Å². The van der Waals surface area contributed by atoms with E-state index in [1.54, 1.807) is 24.3 Å². The molecule has 1 fully saturated rings. The van der Waals surface area contributed by atoms with Crippen molar-refractivity contribution in [2.75, 3.05) is 0 Å². The number of fused-ring (bicyclic) bond motifs is 1. The second kappa shape index (κ2) is 9.30. The van der Waals surface area contributed by atoms with Crippen LogP contribution in [0.25, 0.3) is 5.70 Å². The number of ether oxygens (including phenoxy) is 1. The van der Waals surface area contributed by atoms with Crippen molar-refractivity contribution in [2.24, 2.45) is 5.92 Å². The van der Waals surface area contributed by atoms with Gasteiger partial charge in [0.1, 0.15) is 0 Å². The third kappa shape index (κ3) is 4.33. The van der Waals surface area contributed by atoms with Gasteiger partial charge in [0, 0.05) is 16.3 Å². The summed E-state index contributed by atoms with van der Waals surface area (Å²) in [4.78, 5) is 0.199. The summed E-state index contributed by atoms with van der Waals surface area (Å²) in [6, 6.07) is 24.4. The van der Waals surface area contributed by atoms with E-state index in [0.29, 0.717) is 18.5 Å². The zero-order valence-electron chi connectivity index (χ0n) is 18.7. The molecule has 0 aromatic heterocycles. The molecule has 0 saturated carbocycles. The third-order valence-corrected chi connectivity index (χ3v) is 8.90. The molecule has 2 aliphatic rings. The van der Waals surface area contributed by atoms with Crippen LogP contribution in [0.4, 0.5) is 0 Å². The van der Waals surface area contributed by atoms with Gasteiger partial charge in [0.05, 0.1) is 10.6 Å². The summed E-state index contributed by atoms with van der Waals surface area (Å²) in [7, 11) is -3.96. The third-order valence-electron chi connectivity index (χ3n) is 6.58. The van der Waals surface area contributed by atoms with Crippen LogP contribution in [0.15, 0.2) is 94.3 Å². The maximum atomic E-state index is 14.0. The minimum absolute atomic E-state index is 0.0646. The Morgan fingerprint density at radius 2 is 1.62 bits per heavy atom. The van der Waals surface area contributed by atoms with Crippen molar-refractivity contribution >= 4 is 31.7 Å². The van der Waals surface area contributed by atoms with Crippen LogP contribution in [0, 0.1) is 12.8 Å². The van der Waals surface area contributed by atoms with Gasteiger partial charge in [-0.15, -0.1) is 0 Å². The molecule has 0 aliphatic carbocycles. The highest BCUT2D eigenvalue weighted by atomic mass is 79.9. The molecule has 0 radical (unpaired) electrons. The standard InChI is InChI=1S/C27H26BrNO4S/c1-18-7-13-22(14-8-18)34(31,32)29-25(20-5-3-2-4-6-20)17-24(19-9-11-21(28)12-10-19)23-15-16-26(30)33-27(23)29/h2-14,17,23-24,26-27,30H,15-16H2,1H3/t23-,24-,26?,27-/m1/s1. The largest absolute Gasteiger partial charge is 0.368 e. The number of aliphatic hydroxyl groups excluding tert-OH is 1. The highest BCUT2D eigenvalue weighted by Gasteiger charge is 2.48. The molecule has 1 saturated heterocycles. The fourth-order valence-corrected chi connectivity index (χ4v) is 6.72. The number of rotatable bonds is 4. The number of aliphatic hydroxyl groups is 1. The first-order valence-electron chi connectivity index (χ1n) is 11.3.